The summed E-state index contributed by atoms with van der Waals surface area (Å²) in [6.45, 7) is 1.72. The Labute approximate surface area is 168 Å². The van der Waals surface area contributed by atoms with Crippen LogP contribution in [0.1, 0.15) is 29.6 Å². The predicted molar refractivity (Wildman–Crippen MR) is 110 cm³/mol. The lowest BCUT2D eigenvalue weighted by Crippen LogP contribution is -2.35. The molecular formula is C20H21Cl2N3O2. The fourth-order valence-corrected chi connectivity index (χ4v) is 3.32. The Hall–Kier alpha value is -2.24. The van der Waals surface area contributed by atoms with Gasteiger partial charge in [-0.2, -0.15) is 0 Å². The molecular weight excluding hydrogens is 385 g/mol. The second-order valence-electron chi connectivity index (χ2n) is 6.46. The first-order valence-electron chi connectivity index (χ1n) is 8.91. The maximum absolute atomic E-state index is 12.5. The van der Waals surface area contributed by atoms with E-state index in [0.29, 0.717) is 21.3 Å². The third-order valence-electron chi connectivity index (χ3n) is 4.43. The van der Waals surface area contributed by atoms with Crippen LogP contribution in [0.3, 0.4) is 0 Å². The van der Waals surface area contributed by atoms with Crippen LogP contribution in [0, 0.1) is 0 Å². The zero-order valence-corrected chi connectivity index (χ0v) is 16.3. The van der Waals surface area contributed by atoms with E-state index in [1.165, 1.54) is 6.42 Å². The molecule has 142 valence electrons. The number of benzene rings is 2. The fraction of sp³-hybridized carbons (Fsp3) is 0.300. The maximum atomic E-state index is 12.5. The van der Waals surface area contributed by atoms with Gasteiger partial charge in [-0.1, -0.05) is 23.2 Å². The summed E-state index contributed by atoms with van der Waals surface area (Å²) in [4.78, 5) is 26.4. The van der Waals surface area contributed by atoms with E-state index >= 15 is 0 Å². The van der Waals surface area contributed by atoms with Crippen LogP contribution >= 0.6 is 23.2 Å². The number of carbonyl (C=O) groups excluding carboxylic acids is 2. The standard InChI is InChI=1S/C20H21Cl2N3O2/c21-15-6-9-17(22)18(12-15)24-19(26)13-23-16-7-4-14(5-8-16)20(27)25-10-2-1-3-11-25/h4-9,12,23H,1-3,10-11,13H2,(H,24,26). The van der Waals surface area contributed by atoms with Gasteiger partial charge in [0.05, 0.1) is 17.3 Å². The van der Waals surface area contributed by atoms with E-state index in [4.69, 9.17) is 23.2 Å². The van der Waals surface area contributed by atoms with Crippen LogP contribution in [0.4, 0.5) is 11.4 Å². The molecule has 0 atom stereocenters. The molecule has 1 aliphatic rings. The van der Waals surface area contributed by atoms with E-state index in [1.807, 2.05) is 4.90 Å². The number of amides is 2. The molecule has 1 saturated heterocycles. The van der Waals surface area contributed by atoms with Gasteiger partial charge in [-0.05, 0) is 61.7 Å². The van der Waals surface area contributed by atoms with Crippen molar-refractivity contribution < 1.29 is 9.59 Å². The largest absolute Gasteiger partial charge is 0.376 e. The summed E-state index contributed by atoms with van der Waals surface area (Å²) in [5, 5.41) is 6.67. The minimum Gasteiger partial charge on any atom is -0.376 e. The number of rotatable bonds is 5. The van der Waals surface area contributed by atoms with Crippen molar-refractivity contribution in [1.29, 1.82) is 0 Å². The highest BCUT2D eigenvalue weighted by Gasteiger charge is 2.17. The molecule has 2 amide bonds. The van der Waals surface area contributed by atoms with Crippen LogP contribution in [0.25, 0.3) is 0 Å². The summed E-state index contributed by atoms with van der Waals surface area (Å²) in [6, 6.07) is 12.1. The van der Waals surface area contributed by atoms with Crippen molar-refractivity contribution in [3.63, 3.8) is 0 Å². The summed E-state index contributed by atoms with van der Waals surface area (Å²) in [5.41, 5.74) is 1.90. The zero-order chi connectivity index (χ0) is 19.2. The van der Waals surface area contributed by atoms with Crippen molar-refractivity contribution in [2.45, 2.75) is 19.3 Å². The molecule has 2 N–H and O–H groups in total. The lowest BCUT2D eigenvalue weighted by molar-refractivity contribution is -0.114. The third-order valence-corrected chi connectivity index (χ3v) is 5.00. The molecule has 0 radical (unpaired) electrons. The lowest BCUT2D eigenvalue weighted by Gasteiger charge is -2.26. The van der Waals surface area contributed by atoms with E-state index in [1.54, 1.807) is 42.5 Å². The molecule has 1 aliphatic heterocycles. The molecule has 0 saturated carbocycles. The van der Waals surface area contributed by atoms with Crippen LogP contribution < -0.4 is 10.6 Å². The Bertz CT molecular complexity index is 818. The number of hydrogen-bond acceptors (Lipinski definition) is 3. The van der Waals surface area contributed by atoms with Gasteiger partial charge in [0.15, 0.2) is 0 Å². The van der Waals surface area contributed by atoms with Crippen LogP contribution in [0.5, 0.6) is 0 Å². The Balaban J connectivity index is 1.53. The van der Waals surface area contributed by atoms with Gasteiger partial charge in [0.2, 0.25) is 5.91 Å². The number of nitrogens with one attached hydrogen (secondary N) is 2. The van der Waals surface area contributed by atoms with Gasteiger partial charge < -0.3 is 15.5 Å². The molecule has 7 heteroatoms. The highest BCUT2D eigenvalue weighted by atomic mass is 35.5. The number of anilines is 2. The minimum absolute atomic E-state index is 0.0644. The Morgan fingerprint density at radius 1 is 0.963 bits per heavy atom. The molecule has 2 aromatic rings. The molecule has 1 heterocycles. The van der Waals surface area contributed by atoms with Gasteiger partial charge in [0, 0.05) is 29.4 Å². The first-order chi connectivity index (χ1) is 13.0. The topological polar surface area (TPSA) is 61.4 Å². The van der Waals surface area contributed by atoms with Gasteiger partial charge in [0.25, 0.3) is 5.91 Å². The monoisotopic (exact) mass is 405 g/mol. The highest BCUT2D eigenvalue weighted by molar-refractivity contribution is 6.35. The summed E-state index contributed by atoms with van der Waals surface area (Å²) in [6.07, 6.45) is 3.32. The SMILES string of the molecule is O=C(CNc1ccc(C(=O)N2CCCCC2)cc1)Nc1cc(Cl)ccc1Cl. The summed E-state index contributed by atoms with van der Waals surface area (Å²) in [5.74, 6) is -0.178. The van der Waals surface area contributed by atoms with Crippen LogP contribution in [0.15, 0.2) is 42.5 Å². The smallest absolute Gasteiger partial charge is 0.253 e. The molecule has 0 bridgehead atoms. The lowest BCUT2D eigenvalue weighted by atomic mass is 10.1. The molecule has 3 rings (SSSR count). The first kappa shape index (κ1) is 19.5. The Morgan fingerprint density at radius 3 is 2.37 bits per heavy atom. The zero-order valence-electron chi connectivity index (χ0n) is 14.8. The number of likely N-dealkylation sites (tertiary alicyclic amines) is 1. The van der Waals surface area contributed by atoms with E-state index in [0.717, 1.165) is 31.6 Å². The van der Waals surface area contributed by atoms with Crippen LogP contribution in [-0.2, 0) is 4.79 Å². The number of piperidine rings is 1. The molecule has 0 unspecified atom stereocenters. The van der Waals surface area contributed by atoms with E-state index < -0.39 is 0 Å². The number of nitrogens with zero attached hydrogens (tertiary/aromatic N) is 1. The van der Waals surface area contributed by atoms with Crippen LogP contribution in [0.2, 0.25) is 10.0 Å². The van der Waals surface area contributed by atoms with Gasteiger partial charge in [-0.25, -0.2) is 0 Å². The fourth-order valence-electron chi connectivity index (χ4n) is 2.98. The average Bonchev–Trinajstić information content (AvgIpc) is 2.70. The normalized spacial score (nSPS) is 13.9. The van der Waals surface area contributed by atoms with Gasteiger partial charge in [-0.15, -0.1) is 0 Å². The second kappa shape index (κ2) is 9.11. The van der Waals surface area contributed by atoms with Crippen molar-refractivity contribution in [2.75, 3.05) is 30.3 Å². The summed E-state index contributed by atoms with van der Waals surface area (Å²) >= 11 is 12.0. The molecule has 5 nitrogen and oxygen atoms in total. The van der Waals surface area contributed by atoms with Gasteiger partial charge in [-0.3, -0.25) is 9.59 Å². The quantitative estimate of drug-likeness (QED) is 0.759. The minimum atomic E-state index is -0.243. The Kier molecular flexibility index (Phi) is 6.58. The molecule has 0 aromatic heterocycles. The van der Waals surface area contributed by atoms with E-state index in [9.17, 15) is 9.59 Å². The molecule has 0 aliphatic carbocycles. The van der Waals surface area contributed by atoms with Crippen LogP contribution in [-0.4, -0.2) is 36.3 Å². The predicted octanol–water partition coefficient (Wildman–Crippen LogP) is 4.67. The van der Waals surface area contributed by atoms with Crippen molar-refractivity contribution in [1.82, 2.24) is 4.90 Å². The maximum Gasteiger partial charge on any atom is 0.253 e. The molecule has 27 heavy (non-hydrogen) atoms. The van der Waals surface area contributed by atoms with E-state index in [2.05, 4.69) is 10.6 Å². The first-order valence-corrected chi connectivity index (χ1v) is 9.66. The Morgan fingerprint density at radius 2 is 1.67 bits per heavy atom. The molecule has 2 aromatic carbocycles. The van der Waals surface area contributed by atoms with Gasteiger partial charge in [0.1, 0.15) is 0 Å². The number of hydrogen-bond donors (Lipinski definition) is 2. The van der Waals surface area contributed by atoms with Crippen molar-refractivity contribution in [3.05, 3.63) is 58.1 Å². The average molecular weight is 406 g/mol. The van der Waals surface area contributed by atoms with Crippen molar-refractivity contribution in [2.24, 2.45) is 0 Å². The number of carbonyl (C=O) groups is 2. The molecule has 1 fully saturated rings. The van der Waals surface area contributed by atoms with E-state index in [-0.39, 0.29) is 18.4 Å². The van der Waals surface area contributed by atoms with Crippen molar-refractivity contribution >= 4 is 46.4 Å². The second-order valence-corrected chi connectivity index (χ2v) is 7.30. The summed E-state index contributed by atoms with van der Waals surface area (Å²) < 4.78 is 0. The summed E-state index contributed by atoms with van der Waals surface area (Å²) in [7, 11) is 0. The number of halogens is 2. The molecule has 0 spiro atoms. The third kappa shape index (κ3) is 5.37. The highest BCUT2D eigenvalue weighted by Crippen LogP contribution is 2.25. The van der Waals surface area contributed by atoms with Crippen molar-refractivity contribution in [3.8, 4) is 0 Å². The van der Waals surface area contributed by atoms with Gasteiger partial charge >= 0.3 is 0 Å².